The second-order valence-corrected chi connectivity index (χ2v) is 2.80. The molecule has 4 heteroatoms. The number of hydrogen-bond acceptors (Lipinski definition) is 4. The highest BCUT2D eigenvalue weighted by Gasteiger charge is 2.34. The first-order chi connectivity index (χ1) is 5.57. The van der Waals surface area contributed by atoms with Gasteiger partial charge in [0.05, 0.1) is 7.11 Å². The van der Waals surface area contributed by atoms with Crippen molar-refractivity contribution < 1.29 is 14.4 Å². The van der Waals surface area contributed by atoms with E-state index in [1.807, 2.05) is 13.8 Å². The molecule has 1 atom stereocenters. The summed E-state index contributed by atoms with van der Waals surface area (Å²) in [6.07, 6.45) is 0. The van der Waals surface area contributed by atoms with Crippen molar-refractivity contribution in [2.24, 2.45) is 0 Å². The zero-order chi connectivity index (χ0) is 9.30. The summed E-state index contributed by atoms with van der Waals surface area (Å²) in [4.78, 5) is 16.4. The fourth-order valence-electron chi connectivity index (χ4n) is 1.24. The maximum absolute atomic E-state index is 11.2. The molecule has 0 fully saturated rings. The van der Waals surface area contributed by atoms with Crippen LogP contribution in [0, 0.1) is 0 Å². The van der Waals surface area contributed by atoms with Crippen LogP contribution in [0.2, 0.25) is 0 Å². The molecule has 0 aromatic rings. The standard InChI is InChI=1S/C8H13NO3/c1-5-6(2)12-9(3)7(5)8(10)11-4/h7H,1-4H3. The van der Waals surface area contributed by atoms with E-state index in [0.29, 0.717) is 0 Å². The number of allylic oxidation sites excluding steroid dienone is 1. The number of methoxy groups -OCH3 is 1. The van der Waals surface area contributed by atoms with Crippen LogP contribution in [-0.4, -0.2) is 31.2 Å². The van der Waals surface area contributed by atoms with Gasteiger partial charge in [-0.05, 0) is 19.4 Å². The molecular weight excluding hydrogens is 158 g/mol. The zero-order valence-electron chi connectivity index (χ0n) is 7.75. The maximum Gasteiger partial charge on any atom is 0.330 e. The monoisotopic (exact) mass is 171 g/mol. The van der Waals surface area contributed by atoms with E-state index in [4.69, 9.17) is 4.84 Å². The predicted molar refractivity (Wildman–Crippen MR) is 43.0 cm³/mol. The third kappa shape index (κ3) is 1.30. The molecule has 12 heavy (non-hydrogen) atoms. The molecular formula is C8H13NO3. The number of hydroxylamine groups is 2. The highest BCUT2D eigenvalue weighted by atomic mass is 16.7. The SMILES string of the molecule is COC(=O)C1C(C)=C(C)ON1C. The molecule has 1 unspecified atom stereocenters. The van der Waals surface area contributed by atoms with Crippen molar-refractivity contribution in [1.29, 1.82) is 0 Å². The summed E-state index contributed by atoms with van der Waals surface area (Å²) in [6.45, 7) is 3.69. The van der Waals surface area contributed by atoms with Crippen molar-refractivity contribution in [2.45, 2.75) is 19.9 Å². The Hall–Kier alpha value is -1.03. The van der Waals surface area contributed by atoms with Crippen LogP contribution in [-0.2, 0) is 14.4 Å². The maximum atomic E-state index is 11.2. The Bertz CT molecular complexity index is 234. The fourth-order valence-corrected chi connectivity index (χ4v) is 1.24. The van der Waals surface area contributed by atoms with Gasteiger partial charge in [0.15, 0.2) is 6.04 Å². The van der Waals surface area contributed by atoms with Gasteiger partial charge in [0.25, 0.3) is 0 Å². The molecule has 1 rings (SSSR count). The minimum absolute atomic E-state index is 0.285. The number of ether oxygens (including phenoxy) is 1. The number of esters is 1. The molecule has 0 N–H and O–H groups in total. The van der Waals surface area contributed by atoms with E-state index in [9.17, 15) is 4.79 Å². The molecule has 1 aliphatic rings. The number of carbonyl (C=O) groups is 1. The third-order valence-electron chi connectivity index (χ3n) is 2.03. The van der Waals surface area contributed by atoms with Crippen LogP contribution >= 0.6 is 0 Å². The average molecular weight is 171 g/mol. The Balaban J connectivity index is 2.83. The summed E-state index contributed by atoms with van der Waals surface area (Å²) in [5.41, 5.74) is 0.907. The predicted octanol–water partition coefficient (Wildman–Crippen LogP) is 0.699. The molecule has 0 aliphatic carbocycles. The summed E-state index contributed by atoms with van der Waals surface area (Å²) in [6, 6.07) is -0.380. The second-order valence-electron chi connectivity index (χ2n) is 2.80. The summed E-state index contributed by atoms with van der Waals surface area (Å²) in [5, 5.41) is 1.50. The quantitative estimate of drug-likeness (QED) is 0.544. The molecule has 0 saturated carbocycles. The van der Waals surface area contributed by atoms with Gasteiger partial charge < -0.3 is 9.57 Å². The summed E-state index contributed by atoms with van der Waals surface area (Å²) < 4.78 is 4.63. The van der Waals surface area contributed by atoms with Gasteiger partial charge in [0.2, 0.25) is 0 Å². The van der Waals surface area contributed by atoms with Crippen molar-refractivity contribution in [3.05, 3.63) is 11.3 Å². The number of rotatable bonds is 1. The summed E-state index contributed by atoms with van der Waals surface area (Å²) in [5.74, 6) is 0.486. The van der Waals surface area contributed by atoms with E-state index in [1.165, 1.54) is 12.2 Å². The average Bonchev–Trinajstić information content (AvgIpc) is 2.26. The fraction of sp³-hybridized carbons (Fsp3) is 0.625. The number of carbonyl (C=O) groups excluding carboxylic acids is 1. The van der Waals surface area contributed by atoms with E-state index in [-0.39, 0.29) is 12.0 Å². The van der Waals surface area contributed by atoms with Gasteiger partial charge in [-0.25, -0.2) is 4.79 Å². The van der Waals surface area contributed by atoms with E-state index in [1.54, 1.807) is 7.05 Å². The number of likely N-dealkylation sites (N-methyl/N-ethyl adjacent to an activating group) is 1. The van der Waals surface area contributed by atoms with Crippen LogP contribution < -0.4 is 0 Å². The van der Waals surface area contributed by atoms with E-state index >= 15 is 0 Å². The van der Waals surface area contributed by atoms with Crippen LogP contribution in [0.15, 0.2) is 11.3 Å². The lowest BCUT2D eigenvalue weighted by Gasteiger charge is -2.16. The molecule has 4 nitrogen and oxygen atoms in total. The van der Waals surface area contributed by atoms with Gasteiger partial charge in [-0.3, -0.25) is 0 Å². The molecule has 0 spiro atoms. The Morgan fingerprint density at radius 2 is 2.17 bits per heavy atom. The van der Waals surface area contributed by atoms with Crippen LogP contribution in [0.4, 0.5) is 0 Å². The molecule has 0 aromatic heterocycles. The third-order valence-corrected chi connectivity index (χ3v) is 2.03. The van der Waals surface area contributed by atoms with E-state index in [2.05, 4.69) is 4.74 Å². The van der Waals surface area contributed by atoms with Crippen LogP contribution in [0.25, 0.3) is 0 Å². The Morgan fingerprint density at radius 1 is 1.58 bits per heavy atom. The minimum Gasteiger partial charge on any atom is -0.468 e. The molecule has 1 heterocycles. The topological polar surface area (TPSA) is 38.8 Å². The van der Waals surface area contributed by atoms with Crippen LogP contribution in [0.1, 0.15) is 13.8 Å². The normalized spacial score (nSPS) is 24.2. The largest absolute Gasteiger partial charge is 0.468 e. The first-order valence-corrected chi connectivity index (χ1v) is 3.74. The highest BCUT2D eigenvalue weighted by Crippen LogP contribution is 2.24. The lowest BCUT2D eigenvalue weighted by Crippen LogP contribution is -2.35. The van der Waals surface area contributed by atoms with E-state index in [0.717, 1.165) is 11.3 Å². The molecule has 1 aliphatic heterocycles. The van der Waals surface area contributed by atoms with Crippen LogP contribution in [0.3, 0.4) is 0 Å². The number of nitrogens with zero attached hydrogens (tertiary/aromatic N) is 1. The summed E-state index contributed by atoms with van der Waals surface area (Å²) in [7, 11) is 3.08. The van der Waals surface area contributed by atoms with Crippen molar-refractivity contribution in [2.75, 3.05) is 14.2 Å². The molecule has 0 bridgehead atoms. The van der Waals surface area contributed by atoms with Gasteiger partial charge >= 0.3 is 5.97 Å². The lowest BCUT2D eigenvalue weighted by atomic mass is 10.1. The second kappa shape index (κ2) is 3.15. The van der Waals surface area contributed by atoms with Crippen molar-refractivity contribution in [3.63, 3.8) is 0 Å². The molecule has 68 valence electrons. The van der Waals surface area contributed by atoms with Crippen molar-refractivity contribution in [1.82, 2.24) is 5.06 Å². The number of hydrogen-bond donors (Lipinski definition) is 0. The minimum atomic E-state index is -0.380. The Kier molecular flexibility index (Phi) is 2.38. The Morgan fingerprint density at radius 3 is 2.50 bits per heavy atom. The van der Waals surface area contributed by atoms with Gasteiger partial charge in [-0.2, -0.15) is 0 Å². The van der Waals surface area contributed by atoms with Gasteiger partial charge in [0.1, 0.15) is 5.76 Å². The summed E-state index contributed by atoms with van der Waals surface area (Å²) >= 11 is 0. The molecule has 0 saturated heterocycles. The smallest absolute Gasteiger partial charge is 0.330 e. The molecule has 0 radical (unpaired) electrons. The lowest BCUT2D eigenvalue weighted by molar-refractivity contribution is -0.159. The molecule has 0 amide bonds. The van der Waals surface area contributed by atoms with Crippen molar-refractivity contribution in [3.8, 4) is 0 Å². The van der Waals surface area contributed by atoms with Crippen molar-refractivity contribution >= 4 is 5.97 Å². The van der Waals surface area contributed by atoms with Gasteiger partial charge in [-0.1, -0.05) is 0 Å². The van der Waals surface area contributed by atoms with Gasteiger partial charge in [0, 0.05) is 7.05 Å². The first kappa shape index (κ1) is 9.06. The zero-order valence-corrected chi connectivity index (χ0v) is 7.75. The van der Waals surface area contributed by atoms with Gasteiger partial charge in [-0.15, -0.1) is 5.06 Å². The van der Waals surface area contributed by atoms with E-state index < -0.39 is 0 Å². The first-order valence-electron chi connectivity index (χ1n) is 3.74. The Labute approximate surface area is 71.7 Å². The molecule has 0 aromatic carbocycles. The highest BCUT2D eigenvalue weighted by molar-refractivity contribution is 5.79. The van der Waals surface area contributed by atoms with Crippen LogP contribution in [0.5, 0.6) is 0 Å².